The second-order valence-electron chi connectivity index (χ2n) is 9.95. The van der Waals surface area contributed by atoms with E-state index in [1.807, 2.05) is 65.3 Å². The third-order valence-electron chi connectivity index (χ3n) is 7.31. The quantitative estimate of drug-likeness (QED) is 0.179. The number of hydrogen-bond acceptors (Lipinski definition) is 3. The number of hydrogen-bond donors (Lipinski definition) is 1. The molecule has 2 heterocycles. The van der Waals surface area contributed by atoms with Crippen molar-refractivity contribution in [3.63, 3.8) is 0 Å². The topological polar surface area (TPSA) is 41.8 Å². The summed E-state index contributed by atoms with van der Waals surface area (Å²) in [6.45, 7) is 0.437. The van der Waals surface area contributed by atoms with E-state index in [2.05, 4.69) is 109 Å². The van der Waals surface area contributed by atoms with Gasteiger partial charge < -0.3 is 9.88 Å². The summed E-state index contributed by atoms with van der Waals surface area (Å²) in [4.78, 5) is 5.92. The Kier molecular flexibility index (Phi) is 7.03. The van der Waals surface area contributed by atoms with Gasteiger partial charge in [-0.2, -0.15) is 0 Å². The first-order chi connectivity index (χ1) is 20.7. The molecule has 7 rings (SSSR count). The van der Waals surface area contributed by atoms with E-state index in [0.717, 1.165) is 55.1 Å². The van der Waals surface area contributed by atoms with E-state index in [1.54, 1.807) is 0 Å². The molecule has 5 nitrogen and oxygen atoms in total. The zero-order chi connectivity index (χ0) is 28.5. The normalized spacial score (nSPS) is 11.2. The molecule has 2 aromatic heterocycles. The van der Waals surface area contributed by atoms with Crippen molar-refractivity contribution < 1.29 is 0 Å². The highest BCUT2D eigenvalue weighted by Gasteiger charge is 2.23. The Bertz CT molecular complexity index is 1990. The van der Waals surface area contributed by atoms with Crippen molar-refractivity contribution in [3.8, 4) is 28.3 Å². The van der Waals surface area contributed by atoms with Crippen LogP contribution < -0.4 is 4.90 Å². The predicted molar refractivity (Wildman–Crippen MR) is 178 cm³/mol. The minimum atomic E-state index is 0.437. The Morgan fingerprint density at radius 3 is 1.90 bits per heavy atom. The van der Waals surface area contributed by atoms with Gasteiger partial charge in [0.2, 0.25) is 4.77 Å². The van der Waals surface area contributed by atoms with Crippen molar-refractivity contribution in [2.75, 3.05) is 4.90 Å². The third kappa shape index (κ3) is 4.87. The lowest BCUT2D eigenvalue weighted by atomic mass is 10.0. The molecule has 0 aliphatic heterocycles. The summed E-state index contributed by atoms with van der Waals surface area (Å²) in [5, 5.41) is 6.35. The number of nitrogens with one attached hydrogen (secondary N) is 1. The number of para-hydroxylation sites is 3. The smallest absolute Gasteiger partial charge is 0.204 e. The summed E-state index contributed by atoms with van der Waals surface area (Å²) in [5.74, 6) is 0.749. The van der Waals surface area contributed by atoms with Gasteiger partial charge in [0, 0.05) is 32.3 Å². The van der Waals surface area contributed by atoms with E-state index >= 15 is 0 Å². The standard InChI is InChI=1S/C35H26BrN5S/c36-26-21-22-31-30(23-26)32(25-13-5-1-6-14-25)33(37-31)34-38-40(35(42)41(34)29-19-11-4-12-20-29)24-39(27-15-7-2-8-16-27)28-17-9-3-10-18-28/h1-23,37H,24H2. The van der Waals surface area contributed by atoms with E-state index in [4.69, 9.17) is 17.3 Å². The van der Waals surface area contributed by atoms with Crippen LogP contribution in [0.3, 0.4) is 0 Å². The third-order valence-corrected chi connectivity index (χ3v) is 8.20. The zero-order valence-corrected chi connectivity index (χ0v) is 25.0. The number of benzene rings is 5. The van der Waals surface area contributed by atoms with Crippen molar-refractivity contribution in [3.05, 3.63) is 149 Å². The molecule has 0 aliphatic carbocycles. The fourth-order valence-corrected chi connectivity index (χ4v) is 6.02. The Labute approximate surface area is 257 Å². The summed E-state index contributed by atoms with van der Waals surface area (Å²) < 4.78 is 5.60. The number of anilines is 2. The molecule has 0 unspecified atom stereocenters. The highest BCUT2D eigenvalue weighted by atomic mass is 79.9. The van der Waals surface area contributed by atoms with Gasteiger partial charge in [0.15, 0.2) is 5.82 Å². The summed E-state index contributed by atoms with van der Waals surface area (Å²) in [6.07, 6.45) is 0. The zero-order valence-electron chi connectivity index (χ0n) is 22.6. The molecule has 42 heavy (non-hydrogen) atoms. The second kappa shape index (κ2) is 11.3. The van der Waals surface area contributed by atoms with Gasteiger partial charge in [-0.1, -0.05) is 101 Å². The van der Waals surface area contributed by atoms with Crippen molar-refractivity contribution >= 4 is 50.4 Å². The largest absolute Gasteiger partial charge is 0.351 e. The Balaban J connectivity index is 1.47. The number of H-pyrrole nitrogens is 1. The van der Waals surface area contributed by atoms with Crippen LogP contribution in [0, 0.1) is 4.77 Å². The van der Waals surface area contributed by atoms with Crippen LogP contribution in [0.2, 0.25) is 0 Å². The van der Waals surface area contributed by atoms with Gasteiger partial charge in [-0.15, -0.1) is 5.10 Å². The molecule has 0 fully saturated rings. The van der Waals surface area contributed by atoms with Gasteiger partial charge in [-0.3, -0.25) is 4.57 Å². The molecule has 0 spiro atoms. The maximum atomic E-state index is 6.19. The second-order valence-corrected chi connectivity index (χ2v) is 11.2. The molecule has 0 amide bonds. The monoisotopic (exact) mass is 627 g/mol. The van der Waals surface area contributed by atoms with Crippen molar-refractivity contribution in [1.29, 1.82) is 0 Å². The van der Waals surface area contributed by atoms with Crippen molar-refractivity contribution in [2.24, 2.45) is 0 Å². The van der Waals surface area contributed by atoms with Crippen LogP contribution in [0.5, 0.6) is 0 Å². The van der Waals surface area contributed by atoms with Crippen LogP contribution in [-0.4, -0.2) is 19.3 Å². The van der Waals surface area contributed by atoms with E-state index < -0.39 is 0 Å². The number of rotatable bonds is 7. The van der Waals surface area contributed by atoms with Gasteiger partial charge in [-0.25, -0.2) is 4.68 Å². The molecular weight excluding hydrogens is 602 g/mol. The van der Waals surface area contributed by atoms with Gasteiger partial charge in [0.05, 0.1) is 11.4 Å². The first-order valence-electron chi connectivity index (χ1n) is 13.7. The Morgan fingerprint density at radius 2 is 1.29 bits per heavy atom. The van der Waals surface area contributed by atoms with Crippen LogP contribution >= 0.6 is 28.1 Å². The molecule has 0 saturated carbocycles. The fraction of sp³-hybridized carbons (Fsp3) is 0.0286. The molecule has 7 aromatic rings. The molecule has 5 aromatic carbocycles. The van der Waals surface area contributed by atoms with Crippen LogP contribution in [0.4, 0.5) is 11.4 Å². The van der Waals surface area contributed by atoms with Crippen LogP contribution in [0.1, 0.15) is 0 Å². The highest BCUT2D eigenvalue weighted by molar-refractivity contribution is 9.10. The summed E-state index contributed by atoms with van der Waals surface area (Å²) in [5.41, 5.74) is 7.19. The lowest BCUT2D eigenvalue weighted by Gasteiger charge is -2.24. The molecule has 0 radical (unpaired) electrons. The molecule has 1 N–H and O–H groups in total. The molecule has 7 heteroatoms. The highest BCUT2D eigenvalue weighted by Crippen LogP contribution is 2.39. The fourth-order valence-electron chi connectivity index (χ4n) is 5.37. The van der Waals surface area contributed by atoms with Crippen LogP contribution in [0.25, 0.3) is 39.2 Å². The number of nitrogens with zero attached hydrogens (tertiary/aromatic N) is 4. The number of fused-ring (bicyclic) bond motifs is 1. The maximum absolute atomic E-state index is 6.19. The lowest BCUT2D eigenvalue weighted by Crippen LogP contribution is -2.22. The number of halogens is 1. The van der Waals surface area contributed by atoms with E-state index in [9.17, 15) is 0 Å². The van der Waals surface area contributed by atoms with E-state index in [0.29, 0.717) is 11.4 Å². The van der Waals surface area contributed by atoms with Crippen molar-refractivity contribution in [2.45, 2.75) is 6.67 Å². The van der Waals surface area contributed by atoms with Gasteiger partial charge in [0.25, 0.3) is 0 Å². The summed E-state index contributed by atoms with van der Waals surface area (Å²) in [7, 11) is 0. The lowest BCUT2D eigenvalue weighted by molar-refractivity contribution is 0.612. The minimum Gasteiger partial charge on any atom is -0.351 e. The first kappa shape index (κ1) is 26.2. The first-order valence-corrected chi connectivity index (χ1v) is 14.9. The van der Waals surface area contributed by atoms with Gasteiger partial charge in [0.1, 0.15) is 6.67 Å². The maximum Gasteiger partial charge on any atom is 0.204 e. The van der Waals surface area contributed by atoms with Gasteiger partial charge in [-0.05, 0) is 72.4 Å². The molecular formula is C35H26BrN5S. The predicted octanol–water partition coefficient (Wildman–Crippen LogP) is 9.78. The summed E-state index contributed by atoms with van der Waals surface area (Å²) >= 11 is 9.87. The van der Waals surface area contributed by atoms with Crippen LogP contribution in [0.15, 0.2) is 144 Å². The van der Waals surface area contributed by atoms with Crippen LogP contribution in [-0.2, 0) is 6.67 Å². The molecule has 0 aliphatic rings. The molecule has 204 valence electrons. The Hall–Kier alpha value is -4.72. The minimum absolute atomic E-state index is 0.437. The van der Waals surface area contributed by atoms with E-state index in [-0.39, 0.29) is 0 Å². The Morgan fingerprint density at radius 1 is 0.714 bits per heavy atom. The molecule has 0 saturated heterocycles. The van der Waals surface area contributed by atoms with Gasteiger partial charge >= 0.3 is 0 Å². The average Bonchev–Trinajstić information content (AvgIpc) is 3.58. The average molecular weight is 629 g/mol. The molecule has 0 atom stereocenters. The number of aromatic amines is 1. The number of aromatic nitrogens is 4. The molecule has 0 bridgehead atoms. The van der Waals surface area contributed by atoms with E-state index in [1.165, 1.54) is 0 Å². The SMILES string of the molecule is S=c1n(CN(c2ccccc2)c2ccccc2)nc(-c2[nH]c3ccc(Br)cc3c2-c2ccccc2)n1-c1ccccc1. The summed E-state index contributed by atoms with van der Waals surface area (Å²) in [6, 6.07) is 47.6. The van der Waals surface area contributed by atoms with Crippen molar-refractivity contribution in [1.82, 2.24) is 19.3 Å².